The van der Waals surface area contributed by atoms with Crippen LogP contribution in [0.4, 0.5) is 0 Å². The molecule has 5 nitrogen and oxygen atoms in total. The Kier molecular flexibility index (Phi) is 8.07. The monoisotopic (exact) mass is 466 g/mol. The van der Waals surface area contributed by atoms with Crippen LogP contribution in [0.5, 0.6) is 5.75 Å². The predicted molar refractivity (Wildman–Crippen MR) is 133 cm³/mol. The van der Waals surface area contributed by atoms with Crippen LogP contribution in [-0.4, -0.2) is 32.6 Å². The number of carboxylic acids is 1. The van der Waals surface area contributed by atoms with Gasteiger partial charge in [0.05, 0.1) is 12.1 Å². The number of benzene rings is 1. The van der Waals surface area contributed by atoms with Crippen molar-refractivity contribution in [2.45, 2.75) is 89.1 Å². The molecule has 0 fully saturated rings. The van der Waals surface area contributed by atoms with Gasteiger partial charge in [-0.3, -0.25) is 4.79 Å². The molecule has 0 atom stereocenters. The maximum absolute atomic E-state index is 10.8. The largest absolute Gasteiger partial charge is 0.487 e. The lowest BCUT2D eigenvalue weighted by atomic mass is 9.73. The van der Waals surface area contributed by atoms with E-state index < -0.39 is 5.97 Å². The van der Waals surface area contributed by atoms with E-state index in [2.05, 4.69) is 68.8 Å². The molecule has 0 unspecified atom stereocenters. The van der Waals surface area contributed by atoms with Crippen molar-refractivity contribution in [1.29, 1.82) is 0 Å². The summed E-state index contributed by atoms with van der Waals surface area (Å²) in [4.78, 5) is 12.0. The van der Waals surface area contributed by atoms with Crippen LogP contribution in [0, 0.1) is 11.8 Å². The van der Waals surface area contributed by atoms with Crippen molar-refractivity contribution in [3.8, 4) is 17.6 Å². The molecule has 0 aliphatic carbocycles. The molecular weight excluding hydrogens is 432 g/mol. The van der Waals surface area contributed by atoms with Crippen molar-refractivity contribution in [3.05, 3.63) is 46.8 Å². The number of thioether (sulfide) groups is 1. The first-order chi connectivity index (χ1) is 15.6. The first-order valence-electron chi connectivity index (χ1n) is 11.7. The summed E-state index contributed by atoms with van der Waals surface area (Å²) in [5.74, 6) is 7.50. The number of hydrogen-bond acceptors (Lipinski definition) is 5. The Bertz CT molecular complexity index is 1050. The highest BCUT2D eigenvalue weighted by molar-refractivity contribution is 7.99. The molecule has 1 aromatic heterocycles. The zero-order chi connectivity index (χ0) is 24.1. The van der Waals surface area contributed by atoms with Gasteiger partial charge in [0.25, 0.3) is 0 Å². The maximum atomic E-state index is 10.8. The number of hydrogen-bond donors (Lipinski definition) is 1. The van der Waals surface area contributed by atoms with E-state index in [4.69, 9.17) is 9.84 Å². The van der Waals surface area contributed by atoms with Crippen molar-refractivity contribution in [2.75, 3.05) is 5.75 Å². The molecule has 0 saturated carbocycles. The fourth-order valence-corrected chi connectivity index (χ4v) is 5.43. The van der Waals surface area contributed by atoms with E-state index in [1.165, 1.54) is 31.2 Å². The lowest BCUT2D eigenvalue weighted by Gasteiger charge is -2.42. The Morgan fingerprint density at radius 2 is 1.91 bits per heavy atom. The number of fused-ring (bicyclic) bond motifs is 1. The quantitative estimate of drug-likeness (QED) is 0.292. The lowest BCUT2D eigenvalue weighted by Crippen LogP contribution is -2.41. The van der Waals surface area contributed by atoms with Gasteiger partial charge in [-0.2, -0.15) is 5.10 Å². The van der Waals surface area contributed by atoms with Gasteiger partial charge < -0.3 is 9.84 Å². The van der Waals surface area contributed by atoms with Crippen LogP contribution in [0.2, 0.25) is 0 Å². The molecule has 1 aromatic carbocycles. The fourth-order valence-electron chi connectivity index (χ4n) is 4.40. The molecule has 2 heterocycles. The minimum Gasteiger partial charge on any atom is -0.487 e. The number of carbonyl (C=O) groups is 1. The fraction of sp³-hybridized carbons (Fsp3) is 0.519. The number of aromatic nitrogens is 2. The van der Waals surface area contributed by atoms with Gasteiger partial charge in [0, 0.05) is 16.0 Å². The Labute approximate surface area is 201 Å². The molecule has 0 radical (unpaired) electrons. The number of unbranched alkanes of at least 4 members (excludes halogenated alkanes) is 3. The summed E-state index contributed by atoms with van der Waals surface area (Å²) in [5, 5.41) is 17.0. The van der Waals surface area contributed by atoms with Gasteiger partial charge >= 0.3 is 5.97 Å². The highest BCUT2D eigenvalue weighted by Gasteiger charge is 2.39. The molecule has 1 N–H and O–H groups in total. The molecule has 176 valence electrons. The minimum atomic E-state index is -0.925. The Balaban J connectivity index is 1.92. The van der Waals surface area contributed by atoms with Crippen LogP contribution in [0.15, 0.2) is 29.2 Å². The lowest BCUT2D eigenvalue weighted by molar-refractivity contribution is -0.136. The SMILES string of the molecule is CCCCCCSc1cc2c(cc1C#Cc1ccc(CC(=O)O)nn1)C(C)(C)CC(C)(C)O2. The molecule has 1 aliphatic heterocycles. The zero-order valence-corrected chi connectivity index (χ0v) is 21.1. The molecule has 0 bridgehead atoms. The van der Waals surface area contributed by atoms with Gasteiger partial charge in [-0.25, -0.2) is 0 Å². The normalized spacial score (nSPS) is 15.7. The summed E-state index contributed by atoms with van der Waals surface area (Å²) in [7, 11) is 0. The Hall–Kier alpha value is -2.52. The third-order valence-corrected chi connectivity index (χ3v) is 6.84. The number of nitrogens with zero attached hydrogens (tertiary/aromatic N) is 2. The van der Waals surface area contributed by atoms with Crippen LogP contribution in [0.1, 0.15) is 89.2 Å². The molecule has 1 aliphatic rings. The topological polar surface area (TPSA) is 72.3 Å². The molecule has 0 amide bonds. The van der Waals surface area contributed by atoms with Crippen LogP contribution >= 0.6 is 11.8 Å². The van der Waals surface area contributed by atoms with Crippen LogP contribution in [0.3, 0.4) is 0 Å². The summed E-state index contributed by atoms with van der Waals surface area (Å²) in [6, 6.07) is 7.73. The van der Waals surface area contributed by atoms with Crippen molar-refractivity contribution >= 4 is 17.7 Å². The standard InChI is InChI=1S/C27H34N2O3S/c1-6-7-8-9-14-33-24-17-23-22(26(2,3)18-27(4,5)32-23)15-19(24)10-11-20-12-13-21(29-28-20)16-25(30)31/h12-13,15,17H,6-9,14,16,18H2,1-5H3,(H,30,31). The van der Waals surface area contributed by atoms with Gasteiger partial charge in [-0.15, -0.1) is 16.9 Å². The van der Waals surface area contributed by atoms with Gasteiger partial charge in [-0.1, -0.05) is 46.0 Å². The van der Waals surface area contributed by atoms with Crippen molar-refractivity contribution in [2.24, 2.45) is 0 Å². The number of rotatable bonds is 8. The third-order valence-electron chi connectivity index (χ3n) is 5.70. The second-order valence-electron chi connectivity index (χ2n) is 9.91. The Morgan fingerprint density at radius 1 is 1.12 bits per heavy atom. The summed E-state index contributed by atoms with van der Waals surface area (Å²) in [5.41, 5.74) is 2.88. The average Bonchev–Trinajstić information content (AvgIpc) is 2.71. The van der Waals surface area contributed by atoms with Gasteiger partial charge in [0.2, 0.25) is 0 Å². The molecule has 0 spiro atoms. The number of carboxylic acid groups (broad SMARTS) is 1. The summed E-state index contributed by atoms with van der Waals surface area (Å²) < 4.78 is 6.37. The summed E-state index contributed by atoms with van der Waals surface area (Å²) in [6.45, 7) is 11.0. The van der Waals surface area contributed by atoms with Crippen LogP contribution < -0.4 is 4.74 Å². The minimum absolute atomic E-state index is 0.0177. The molecule has 2 aromatic rings. The average molecular weight is 467 g/mol. The van der Waals surface area contributed by atoms with E-state index in [9.17, 15) is 4.79 Å². The summed E-state index contributed by atoms with van der Waals surface area (Å²) >= 11 is 1.83. The first-order valence-corrected chi connectivity index (χ1v) is 12.6. The van der Waals surface area contributed by atoms with E-state index >= 15 is 0 Å². The first kappa shape index (κ1) is 25.1. The summed E-state index contributed by atoms with van der Waals surface area (Å²) in [6.07, 6.45) is 5.70. The molecule has 0 saturated heterocycles. The van der Waals surface area contributed by atoms with Crippen molar-refractivity contribution in [3.63, 3.8) is 0 Å². The van der Waals surface area contributed by atoms with E-state index in [-0.39, 0.29) is 17.4 Å². The van der Waals surface area contributed by atoms with Gasteiger partial charge in [0.1, 0.15) is 17.0 Å². The smallest absolute Gasteiger partial charge is 0.309 e. The number of aliphatic carboxylic acids is 1. The van der Waals surface area contributed by atoms with Gasteiger partial charge in [-0.05, 0) is 68.0 Å². The van der Waals surface area contributed by atoms with Gasteiger partial charge in [0.15, 0.2) is 0 Å². The van der Waals surface area contributed by atoms with E-state index in [0.717, 1.165) is 28.4 Å². The van der Waals surface area contributed by atoms with Crippen molar-refractivity contribution in [1.82, 2.24) is 10.2 Å². The second-order valence-corrected chi connectivity index (χ2v) is 11.0. The molecule has 33 heavy (non-hydrogen) atoms. The molecule has 3 rings (SSSR count). The highest BCUT2D eigenvalue weighted by atomic mass is 32.2. The van der Waals surface area contributed by atoms with E-state index in [0.29, 0.717) is 11.4 Å². The highest BCUT2D eigenvalue weighted by Crippen LogP contribution is 2.46. The molecular formula is C27H34N2O3S. The Morgan fingerprint density at radius 3 is 2.58 bits per heavy atom. The molecule has 6 heteroatoms. The van der Waals surface area contributed by atoms with Crippen LogP contribution in [-0.2, 0) is 16.6 Å². The van der Waals surface area contributed by atoms with E-state index in [1.54, 1.807) is 12.1 Å². The maximum Gasteiger partial charge on any atom is 0.309 e. The zero-order valence-electron chi connectivity index (χ0n) is 20.3. The number of ether oxygens (including phenoxy) is 1. The van der Waals surface area contributed by atoms with Crippen molar-refractivity contribution < 1.29 is 14.6 Å². The second kappa shape index (κ2) is 10.6. The third kappa shape index (κ3) is 6.98. The predicted octanol–water partition coefficient (Wildman–Crippen LogP) is 6.01. The van der Waals surface area contributed by atoms with Crippen LogP contribution in [0.25, 0.3) is 0 Å². The van der Waals surface area contributed by atoms with E-state index in [1.807, 2.05) is 11.8 Å².